The maximum Gasteiger partial charge on any atom is 0.345 e. The first kappa shape index (κ1) is 12.9. The molecule has 0 saturated carbocycles. The van der Waals surface area contributed by atoms with Crippen molar-refractivity contribution in [1.82, 2.24) is 0 Å². The fourth-order valence-electron chi connectivity index (χ4n) is 1.50. The van der Waals surface area contributed by atoms with Gasteiger partial charge < -0.3 is 20.1 Å². The summed E-state index contributed by atoms with van der Waals surface area (Å²) in [4.78, 5) is 11.7. The molecule has 2 aromatic rings. The minimum atomic E-state index is -1.49. The van der Waals surface area contributed by atoms with Crippen molar-refractivity contribution in [3.63, 3.8) is 0 Å². The fourth-order valence-corrected chi connectivity index (χ4v) is 1.50. The van der Waals surface area contributed by atoms with E-state index in [-0.39, 0.29) is 17.2 Å². The van der Waals surface area contributed by atoms with Gasteiger partial charge in [0.25, 0.3) is 0 Å². The number of hydrogen-bond donors (Lipinski definition) is 3. The van der Waals surface area contributed by atoms with E-state index in [0.29, 0.717) is 5.56 Å². The minimum Gasteiger partial charge on any atom is -0.508 e. The smallest absolute Gasteiger partial charge is 0.345 e. The minimum absolute atomic E-state index is 0.0228. The predicted octanol–water partition coefficient (Wildman–Crippen LogP) is 1.74. The summed E-state index contributed by atoms with van der Waals surface area (Å²) < 4.78 is 4.89. The molecule has 0 amide bonds. The highest BCUT2D eigenvalue weighted by atomic mass is 16.6. The zero-order valence-electron chi connectivity index (χ0n) is 9.85. The molecule has 0 aliphatic rings. The Hall–Kier alpha value is -2.53. The third-order valence-electron chi connectivity index (χ3n) is 2.51. The van der Waals surface area contributed by atoms with Gasteiger partial charge in [-0.25, -0.2) is 4.79 Å². The van der Waals surface area contributed by atoms with Gasteiger partial charge in [-0.15, -0.1) is 0 Å². The normalized spacial score (nSPS) is 11.8. The molecule has 2 rings (SSSR count). The lowest BCUT2D eigenvalue weighted by Gasteiger charge is -2.11. The summed E-state index contributed by atoms with van der Waals surface area (Å²) in [5.74, 6) is -1.09. The number of carbonyl (C=O) groups is 1. The topological polar surface area (TPSA) is 87.0 Å². The number of benzene rings is 2. The Morgan fingerprint density at radius 2 is 1.63 bits per heavy atom. The summed E-state index contributed by atoms with van der Waals surface area (Å²) in [5.41, 5.74) is 0.290. The van der Waals surface area contributed by atoms with Crippen LogP contribution in [-0.4, -0.2) is 21.3 Å². The van der Waals surface area contributed by atoms with Crippen molar-refractivity contribution in [2.24, 2.45) is 0 Å². The van der Waals surface area contributed by atoms with Crippen LogP contribution in [0.4, 0.5) is 0 Å². The van der Waals surface area contributed by atoms with Crippen molar-refractivity contribution < 1.29 is 24.9 Å². The second-order valence-corrected chi connectivity index (χ2v) is 3.88. The van der Waals surface area contributed by atoms with Crippen molar-refractivity contribution in [2.45, 2.75) is 6.10 Å². The van der Waals surface area contributed by atoms with Gasteiger partial charge in [0.1, 0.15) is 5.75 Å². The number of phenolic OH excluding ortho intramolecular Hbond substituents is 2. The number of rotatable bonds is 3. The molecule has 1 atom stereocenters. The second kappa shape index (κ2) is 5.41. The van der Waals surface area contributed by atoms with Crippen LogP contribution in [-0.2, 0) is 4.79 Å². The van der Waals surface area contributed by atoms with Crippen LogP contribution >= 0.6 is 0 Å². The van der Waals surface area contributed by atoms with Crippen LogP contribution in [0.1, 0.15) is 11.7 Å². The van der Waals surface area contributed by atoms with Gasteiger partial charge in [-0.3, -0.25) is 0 Å². The molecule has 0 saturated heterocycles. The van der Waals surface area contributed by atoms with Crippen LogP contribution < -0.4 is 4.74 Å². The van der Waals surface area contributed by atoms with E-state index >= 15 is 0 Å². The molecule has 0 fully saturated rings. The number of aromatic hydroxyl groups is 2. The lowest BCUT2D eigenvalue weighted by molar-refractivity contribution is -0.144. The number of ether oxygens (including phenoxy) is 1. The van der Waals surface area contributed by atoms with Crippen LogP contribution in [0, 0.1) is 0 Å². The molecule has 0 spiro atoms. The molecule has 0 aliphatic carbocycles. The predicted molar refractivity (Wildman–Crippen MR) is 66.8 cm³/mol. The molecule has 19 heavy (non-hydrogen) atoms. The zero-order valence-corrected chi connectivity index (χ0v) is 9.85. The maximum absolute atomic E-state index is 11.7. The second-order valence-electron chi connectivity index (χ2n) is 3.88. The van der Waals surface area contributed by atoms with E-state index in [1.165, 1.54) is 36.4 Å². The first-order valence-corrected chi connectivity index (χ1v) is 5.54. The van der Waals surface area contributed by atoms with Crippen LogP contribution in [0.25, 0.3) is 0 Å². The number of phenols is 2. The van der Waals surface area contributed by atoms with Gasteiger partial charge in [0.15, 0.2) is 17.6 Å². The Morgan fingerprint density at radius 1 is 1.00 bits per heavy atom. The number of esters is 1. The van der Waals surface area contributed by atoms with Crippen molar-refractivity contribution in [2.75, 3.05) is 0 Å². The highest BCUT2D eigenvalue weighted by molar-refractivity contribution is 5.79. The van der Waals surface area contributed by atoms with Crippen LogP contribution in [0.5, 0.6) is 17.2 Å². The Bertz CT molecular complexity index is 577. The van der Waals surface area contributed by atoms with Crippen molar-refractivity contribution in [3.05, 3.63) is 54.1 Å². The van der Waals surface area contributed by atoms with Gasteiger partial charge in [0.2, 0.25) is 0 Å². The molecular formula is C14H12O5. The summed E-state index contributed by atoms with van der Waals surface area (Å²) in [6, 6.07) is 11.5. The van der Waals surface area contributed by atoms with Crippen molar-refractivity contribution in [3.8, 4) is 17.2 Å². The average molecular weight is 260 g/mol. The molecule has 1 unspecified atom stereocenters. The Balaban J connectivity index is 2.12. The van der Waals surface area contributed by atoms with E-state index in [0.717, 1.165) is 0 Å². The highest BCUT2D eigenvalue weighted by Crippen LogP contribution is 2.26. The van der Waals surface area contributed by atoms with Gasteiger partial charge in [0.05, 0.1) is 0 Å². The largest absolute Gasteiger partial charge is 0.508 e. The molecule has 0 heterocycles. The Morgan fingerprint density at radius 3 is 2.26 bits per heavy atom. The van der Waals surface area contributed by atoms with Gasteiger partial charge in [-0.2, -0.15) is 0 Å². The molecule has 3 N–H and O–H groups in total. The molecule has 5 heteroatoms. The zero-order chi connectivity index (χ0) is 13.8. The third-order valence-corrected chi connectivity index (χ3v) is 2.51. The van der Waals surface area contributed by atoms with Gasteiger partial charge in [0, 0.05) is 0 Å². The van der Waals surface area contributed by atoms with Gasteiger partial charge in [-0.1, -0.05) is 24.3 Å². The summed E-state index contributed by atoms with van der Waals surface area (Å²) in [7, 11) is 0. The molecule has 2 aromatic carbocycles. The van der Waals surface area contributed by atoms with E-state index in [1.54, 1.807) is 12.1 Å². The van der Waals surface area contributed by atoms with E-state index in [9.17, 15) is 15.0 Å². The van der Waals surface area contributed by atoms with Gasteiger partial charge >= 0.3 is 5.97 Å². The number of aliphatic hydroxyl groups excluding tert-OH is 1. The molecule has 0 aromatic heterocycles. The van der Waals surface area contributed by atoms with Crippen molar-refractivity contribution >= 4 is 5.97 Å². The molecule has 0 bridgehead atoms. The number of hydrogen-bond acceptors (Lipinski definition) is 5. The SMILES string of the molecule is O=C(Oc1ccccc1O)C(O)c1ccc(O)cc1. The van der Waals surface area contributed by atoms with E-state index < -0.39 is 12.1 Å². The number of para-hydroxylation sites is 2. The van der Waals surface area contributed by atoms with Crippen molar-refractivity contribution in [1.29, 1.82) is 0 Å². The molecule has 0 aliphatic heterocycles. The van der Waals surface area contributed by atoms with Crippen LogP contribution in [0.15, 0.2) is 48.5 Å². The first-order chi connectivity index (χ1) is 9.08. The van der Waals surface area contributed by atoms with E-state index in [2.05, 4.69) is 0 Å². The lowest BCUT2D eigenvalue weighted by Crippen LogP contribution is -2.18. The fraction of sp³-hybridized carbons (Fsp3) is 0.0714. The molecular weight excluding hydrogens is 248 g/mol. The summed E-state index contributed by atoms with van der Waals surface area (Å²) in [5, 5.41) is 28.4. The first-order valence-electron chi connectivity index (χ1n) is 5.54. The maximum atomic E-state index is 11.7. The third kappa shape index (κ3) is 3.02. The van der Waals surface area contributed by atoms with E-state index in [1.807, 2.05) is 0 Å². The molecule has 0 radical (unpaired) electrons. The summed E-state index contributed by atoms with van der Waals surface area (Å²) in [6.07, 6.45) is -1.49. The van der Waals surface area contributed by atoms with Crippen LogP contribution in [0.3, 0.4) is 0 Å². The number of aliphatic hydroxyl groups is 1. The van der Waals surface area contributed by atoms with Gasteiger partial charge in [-0.05, 0) is 29.8 Å². The van der Waals surface area contributed by atoms with Crippen LogP contribution in [0.2, 0.25) is 0 Å². The highest BCUT2D eigenvalue weighted by Gasteiger charge is 2.20. The Kier molecular flexibility index (Phi) is 3.68. The standard InChI is InChI=1S/C14H12O5/c15-10-7-5-9(6-8-10)13(17)14(18)19-12-4-2-1-3-11(12)16/h1-8,13,15-17H. The molecule has 98 valence electrons. The Labute approximate surface area is 109 Å². The summed E-state index contributed by atoms with van der Waals surface area (Å²) in [6.45, 7) is 0. The monoisotopic (exact) mass is 260 g/mol. The summed E-state index contributed by atoms with van der Waals surface area (Å²) >= 11 is 0. The lowest BCUT2D eigenvalue weighted by atomic mass is 10.1. The van der Waals surface area contributed by atoms with E-state index in [4.69, 9.17) is 9.84 Å². The quantitative estimate of drug-likeness (QED) is 0.578. The molecule has 5 nitrogen and oxygen atoms in total. The number of carbonyl (C=O) groups excluding carboxylic acids is 1. The average Bonchev–Trinajstić information content (AvgIpc) is 2.41.